The third-order valence-electron chi connectivity index (χ3n) is 5.62. The quantitative estimate of drug-likeness (QED) is 0.332. The Labute approximate surface area is 198 Å². The van der Waals surface area contributed by atoms with Gasteiger partial charge in [-0.05, 0) is 24.6 Å². The molecular weight excluding hydrogens is 436 g/mol. The van der Waals surface area contributed by atoms with E-state index < -0.39 is 0 Å². The van der Waals surface area contributed by atoms with Crippen molar-refractivity contribution in [1.29, 1.82) is 0 Å². The van der Waals surface area contributed by atoms with Gasteiger partial charge in [0.15, 0.2) is 5.16 Å². The number of carbonyl (C=O) groups is 1. The lowest BCUT2D eigenvalue weighted by Crippen LogP contribution is -2.43. The number of fused-ring (bicyclic) bond motifs is 1. The van der Waals surface area contributed by atoms with Crippen LogP contribution in [-0.4, -0.2) is 65.5 Å². The molecule has 2 N–H and O–H groups in total. The fraction of sp³-hybridized carbons (Fsp3) is 0.360. The van der Waals surface area contributed by atoms with Crippen LogP contribution in [0.1, 0.15) is 12.0 Å². The maximum Gasteiger partial charge on any atom is 0.237 e. The first-order chi connectivity index (χ1) is 16.2. The minimum absolute atomic E-state index is 0.0317. The highest BCUT2D eigenvalue weighted by molar-refractivity contribution is 7.99. The van der Waals surface area contributed by atoms with E-state index in [0.29, 0.717) is 26.3 Å². The van der Waals surface area contributed by atoms with E-state index in [0.717, 1.165) is 40.5 Å². The van der Waals surface area contributed by atoms with Gasteiger partial charge in [0.25, 0.3) is 0 Å². The lowest BCUT2D eigenvalue weighted by Gasteiger charge is -2.24. The first-order valence-corrected chi connectivity index (χ1v) is 12.0. The topological polar surface area (TPSA) is 79.5 Å². The van der Waals surface area contributed by atoms with Crippen LogP contribution in [0, 0.1) is 0 Å². The predicted octanol–water partition coefficient (Wildman–Crippen LogP) is 3.63. The number of methoxy groups -OCH3 is 1. The Morgan fingerprint density at radius 3 is 2.94 bits per heavy atom. The van der Waals surface area contributed by atoms with Gasteiger partial charge in [-0.15, -0.1) is 0 Å². The highest BCUT2D eigenvalue weighted by Gasteiger charge is 2.37. The van der Waals surface area contributed by atoms with Gasteiger partial charge in [0.1, 0.15) is 12.4 Å². The van der Waals surface area contributed by atoms with Crippen LogP contribution in [0.25, 0.3) is 11.0 Å². The summed E-state index contributed by atoms with van der Waals surface area (Å²) in [4.78, 5) is 23.4. The van der Waals surface area contributed by atoms with Crippen LogP contribution >= 0.6 is 11.8 Å². The van der Waals surface area contributed by atoms with E-state index in [1.54, 1.807) is 24.9 Å². The Balaban J connectivity index is 1.50. The Bertz CT molecular complexity index is 1050. The van der Waals surface area contributed by atoms with Gasteiger partial charge in [-0.3, -0.25) is 9.69 Å². The number of rotatable bonds is 11. The molecule has 1 amide bonds. The Hall–Kier alpha value is -2.81. The molecule has 1 fully saturated rings. The monoisotopic (exact) mass is 466 g/mol. The zero-order valence-corrected chi connectivity index (χ0v) is 19.6. The van der Waals surface area contributed by atoms with Crippen LogP contribution in [0.3, 0.4) is 0 Å². The number of aromatic amines is 1. The summed E-state index contributed by atoms with van der Waals surface area (Å²) in [6, 6.07) is 15.8. The van der Waals surface area contributed by atoms with Gasteiger partial charge in [-0.2, -0.15) is 0 Å². The summed E-state index contributed by atoms with van der Waals surface area (Å²) in [5, 5.41) is 4.14. The summed E-state index contributed by atoms with van der Waals surface area (Å²) in [6.07, 6.45) is 2.48. The molecule has 0 aliphatic carbocycles. The van der Waals surface area contributed by atoms with E-state index in [1.807, 2.05) is 42.5 Å². The Kier molecular flexibility index (Phi) is 8.04. The van der Waals surface area contributed by atoms with Gasteiger partial charge in [0.2, 0.25) is 5.91 Å². The number of ether oxygens (including phenoxy) is 2. The largest absolute Gasteiger partial charge is 0.489 e. The summed E-state index contributed by atoms with van der Waals surface area (Å²) in [5.74, 6) is 0.855. The second kappa shape index (κ2) is 11.4. The maximum atomic E-state index is 13.0. The molecule has 0 spiro atoms. The van der Waals surface area contributed by atoms with Crippen molar-refractivity contribution in [3.63, 3.8) is 0 Å². The van der Waals surface area contributed by atoms with E-state index in [9.17, 15) is 4.79 Å². The van der Waals surface area contributed by atoms with Crippen LogP contribution in [0.5, 0.6) is 5.75 Å². The van der Waals surface area contributed by atoms with Gasteiger partial charge in [0, 0.05) is 37.6 Å². The van der Waals surface area contributed by atoms with Crippen LogP contribution in [0.4, 0.5) is 0 Å². The summed E-state index contributed by atoms with van der Waals surface area (Å²) in [7, 11) is 1.63. The number of amides is 1. The standard InChI is InChI=1S/C25H30N4O3S/c1-3-13-32-23-11-7-4-8-18(23)16-29-17-19(15-22(29)24(30)26-12-14-31-2)33-25-27-20-9-5-6-10-21(20)28-25/h3-11,19,22H,1,12-17H2,2H3,(H,26,30)(H,27,28)/t19-,22+/m1/s1. The Morgan fingerprint density at radius 1 is 1.30 bits per heavy atom. The first-order valence-electron chi connectivity index (χ1n) is 11.1. The minimum Gasteiger partial charge on any atom is -0.489 e. The summed E-state index contributed by atoms with van der Waals surface area (Å²) in [6.45, 7) is 6.59. The third kappa shape index (κ3) is 5.96. The van der Waals surface area contributed by atoms with Crippen molar-refractivity contribution in [2.75, 3.05) is 33.4 Å². The molecule has 8 heteroatoms. The first kappa shape index (κ1) is 23.4. The number of hydrogen-bond donors (Lipinski definition) is 2. The SMILES string of the molecule is C=CCOc1ccccc1CN1C[C@H](Sc2nc3ccccc3[nH]2)C[C@H]1C(=O)NCCOC. The molecule has 2 atom stereocenters. The number of H-pyrrole nitrogens is 1. The average Bonchev–Trinajstić information content (AvgIpc) is 3.42. The molecule has 1 aromatic heterocycles. The van der Waals surface area contributed by atoms with E-state index in [4.69, 9.17) is 14.5 Å². The van der Waals surface area contributed by atoms with Crippen molar-refractivity contribution in [2.45, 2.75) is 29.4 Å². The van der Waals surface area contributed by atoms with E-state index in [2.05, 4.69) is 27.8 Å². The van der Waals surface area contributed by atoms with Crippen molar-refractivity contribution in [3.05, 3.63) is 66.7 Å². The number of nitrogens with zero attached hydrogens (tertiary/aromatic N) is 2. The molecule has 3 aromatic rings. The van der Waals surface area contributed by atoms with Crippen LogP contribution in [-0.2, 0) is 16.1 Å². The van der Waals surface area contributed by atoms with Crippen molar-refractivity contribution in [1.82, 2.24) is 20.2 Å². The Morgan fingerprint density at radius 2 is 2.12 bits per heavy atom. The number of nitrogens with one attached hydrogen (secondary N) is 2. The summed E-state index contributed by atoms with van der Waals surface area (Å²) >= 11 is 1.70. The van der Waals surface area contributed by atoms with Gasteiger partial charge < -0.3 is 19.8 Å². The molecule has 7 nitrogen and oxygen atoms in total. The molecule has 0 bridgehead atoms. The third-order valence-corrected chi connectivity index (χ3v) is 6.71. The number of para-hydroxylation sites is 3. The smallest absolute Gasteiger partial charge is 0.237 e. The maximum absolute atomic E-state index is 13.0. The molecule has 1 saturated heterocycles. The summed E-state index contributed by atoms with van der Waals surface area (Å²) in [5.41, 5.74) is 3.04. The van der Waals surface area contributed by atoms with Crippen LogP contribution in [0.2, 0.25) is 0 Å². The molecule has 0 radical (unpaired) electrons. The molecule has 4 rings (SSSR count). The zero-order valence-electron chi connectivity index (χ0n) is 18.8. The molecule has 2 heterocycles. The van der Waals surface area contributed by atoms with Gasteiger partial charge in [0.05, 0.1) is 23.7 Å². The second-order valence-corrected chi connectivity index (χ2v) is 9.26. The van der Waals surface area contributed by atoms with E-state index in [-0.39, 0.29) is 17.2 Å². The molecule has 33 heavy (non-hydrogen) atoms. The molecule has 0 saturated carbocycles. The summed E-state index contributed by atoms with van der Waals surface area (Å²) < 4.78 is 10.9. The van der Waals surface area contributed by atoms with E-state index in [1.165, 1.54) is 0 Å². The van der Waals surface area contributed by atoms with Crippen molar-refractivity contribution in [3.8, 4) is 5.75 Å². The lowest BCUT2D eigenvalue weighted by molar-refractivity contribution is -0.125. The molecular formula is C25H30N4O3S. The number of carbonyl (C=O) groups excluding carboxylic acids is 1. The predicted molar refractivity (Wildman–Crippen MR) is 132 cm³/mol. The lowest BCUT2D eigenvalue weighted by atomic mass is 10.1. The second-order valence-electron chi connectivity index (χ2n) is 7.97. The van der Waals surface area contributed by atoms with Gasteiger partial charge in [-0.25, -0.2) is 4.98 Å². The van der Waals surface area contributed by atoms with Crippen molar-refractivity contribution in [2.24, 2.45) is 0 Å². The van der Waals surface area contributed by atoms with Crippen LogP contribution in [0.15, 0.2) is 66.3 Å². The average molecular weight is 467 g/mol. The number of imidazole rings is 1. The molecule has 1 aliphatic heterocycles. The van der Waals surface area contributed by atoms with Crippen molar-refractivity contribution < 1.29 is 14.3 Å². The molecule has 2 aromatic carbocycles. The van der Waals surface area contributed by atoms with E-state index >= 15 is 0 Å². The fourth-order valence-electron chi connectivity index (χ4n) is 4.07. The van der Waals surface area contributed by atoms with Crippen molar-refractivity contribution >= 4 is 28.7 Å². The normalized spacial score (nSPS) is 18.5. The fourth-order valence-corrected chi connectivity index (χ4v) is 5.25. The molecule has 1 aliphatic rings. The number of thioether (sulfide) groups is 1. The highest BCUT2D eigenvalue weighted by atomic mass is 32.2. The number of hydrogen-bond acceptors (Lipinski definition) is 6. The zero-order chi connectivity index (χ0) is 23.0. The minimum atomic E-state index is -0.226. The number of likely N-dealkylation sites (tertiary alicyclic amines) is 1. The number of benzene rings is 2. The molecule has 174 valence electrons. The molecule has 0 unspecified atom stereocenters. The van der Waals surface area contributed by atoms with Crippen LogP contribution < -0.4 is 10.1 Å². The highest BCUT2D eigenvalue weighted by Crippen LogP contribution is 2.34. The number of aromatic nitrogens is 2. The van der Waals surface area contributed by atoms with Gasteiger partial charge >= 0.3 is 0 Å². The van der Waals surface area contributed by atoms with Gasteiger partial charge in [-0.1, -0.05) is 54.7 Å².